The summed E-state index contributed by atoms with van der Waals surface area (Å²) in [6.45, 7) is 1.91. The molecule has 0 spiro atoms. The Morgan fingerprint density at radius 2 is 2.22 bits per heavy atom. The average molecular weight is 286 g/mol. The standard InChI is InChI=1S/C13H13ClFNOS/c1-8-7-18-12(16-8)6-10(17)5-9-3-2-4-11(14)13(9)15/h2-4,7,10,17H,5-6H2,1H3. The molecule has 0 amide bonds. The van der Waals surface area contributed by atoms with E-state index in [-0.39, 0.29) is 11.4 Å². The van der Waals surface area contributed by atoms with Gasteiger partial charge in [0.15, 0.2) is 0 Å². The Morgan fingerprint density at radius 1 is 1.44 bits per heavy atom. The van der Waals surface area contributed by atoms with Crippen molar-refractivity contribution in [2.24, 2.45) is 0 Å². The average Bonchev–Trinajstić information content (AvgIpc) is 2.70. The molecule has 0 radical (unpaired) electrons. The van der Waals surface area contributed by atoms with Crippen LogP contribution in [0.2, 0.25) is 5.02 Å². The van der Waals surface area contributed by atoms with Gasteiger partial charge in [0.1, 0.15) is 5.82 Å². The molecule has 96 valence electrons. The van der Waals surface area contributed by atoms with E-state index in [9.17, 15) is 9.50 Å². The lowest BCUT2D eigenvalue weighted by Crippen LogP contribution is -2.14. The second kappa shape index (κ2) is 5.78. The quantitative estimate of drug-likeness (QED) is 0.934. The van der Waals surface area contributed by atoms with Gasteiger partial charge in [0.25, 0.3) is 0 Å². The van der Waals surface area contributed by atoms with E-state index in [2.05, 4.69) is 4.98 Å². The summed E-state index contributed by atoms with van der Waals surface area (Å²) in [7, 11) is 0. The molecule has 1 unspecified atom stereocenters. The van der Waals surface area contributed by atoms with Crippen LogP contribution in [0.25, 0.3) is 0 Å². The van der Waals surface area contributed by atoms with Gasteiger partial charge in [0, 0.05) is 23.9 Å². The number of nitrogens with zero attached hydrogens (tertiary/aromatic N) is 1. The van der Waals surface area contributed by atoms with Gasteiger partial charge in [-0.15, -0.1) is 11.3 Å². The Morgan fingerprint density at radius 3 is 2.89 bits per heavy atom. The summed E-state index contributed by atoms with van der Waals surface area (Å²) < 4.78 is 13.6. The van der Waals surface area contributed by atoms with Crippen LogP contribution in [0, 0.1) is 12.7 Å². The molecule has 2 aromatic rings. The maximum atomic E-state index is 13.6. The van der Waals surface area contributed by atoms with Gasteiger partial charge in [-0.2, -0.15) is 0 Å². The fourth-order valence-electron chi connectivity index (χ4n) is 1.73. The van der Waals surface area contributed by atoms with Gasteiger partial charge in [-0.1, -0.05) is 23.7 Å². The summed E-state index contributed by atoms with van der Waals surface area (Å²) >= 11 is 7.20. The summed E-state index contributed by atoms with van der Waals surface area (Å²) in [5.41, 5.74) is 1.37. The highest BCUT2D eigenvalue weighted by molar-refractivity contribution is 7.09. The zero-order valence-electron chi connectivity index (χ0n) is 9.86. The monoisotopic (exact) mass is 285 g/mol. The molecule has 0 fully saturated rings. The number of hydrogen-bond donors (Lipinski definition) is 1. The Bertz CT molecular complexity index is 544. The van der Waals surface area contributed by atoms with Gasteiger partial charge in [-0.05, 0) is 18.6 Å². The predicted octanol–water partition coefficient (Wildman–Crippen LogP) is 3.39. The zero-order valence-corrected chi connectivity index (χ0v) is 11.4. The van der Waals surface area contributed by atoms with Crippen LogP contribution < -0.4 is 0 Å². The molecule has 0 aliphatic carbocycles. The first-order valence-electron chi connectivity index (χ1n) is 5.58. The van der Waals surface area contributed by atoms with E-state index in [0.29, 0.717) is 12.0 Å². The minimum absolute atomic E-state index is 0.0878. The van der Waals surface area contributed by atoms with Gasteiger partial charge in [0.2, 0.25) is 0 Å². The van der Waals surface area contributed by atoms with Crippen molar-refractivity contribution in [2.45, 2.75) is 25.9 Å². The maximum absolute atomic E-state index is 13.6. The van der Waals surface area contributed by atoms with E-state index >= 15 is 0 Å². The second-order valence-corrected chi connectivity index (χ2v) is 5.51. The molecule has 1 N–H and O–H groups in total. The van der Waals surface area contributed by atoms with Crippen LogP contribution in [0.3, 0.4) is 0 Å². The van der Waals surface area contributed by atoms with Crippen LogP contribution in [0.1, 0.15) is 16.3 Å². The summed E-state index contributed by atoms with van der Waals surface area (Å²) in [6, 6.07) is 4.81. The summed E-state index contributed by atoms with van der Waals surface area (Å²) in [6.07, 6.45) is 0.0266. The Kier molecular flexibility index (Phi) is 4.32. The van der Waals surface area contributed by atoms with Gasteiger partial charge in [-0.3, -0.25) is 0 Å². The number of rotatable bonds is 4. The van der Waals surface area contributed by atoms with Crippen molar-refractivity contribution in [1.29, 1.82) is 0 Å². The SMILES string of the molecule is Cc1csc(CC(O)Cc2cccc(Cl)c2F)n1. The minimum Gasteiger partial charge on any atom is -0.392 e. The largest absolute Gasteiger partial charge is 0.392 e. The highest BCUT2D eigenvalue weighted by atomic mass is 35.5. The van der Waals surface area contributed by atoms with Gasteiger partial charge in [-0.25, -0.2) is 9.37 Å². The van der Waals surface area contributed by atoms with Crippen LogP contribution in [-0.4, -0.2) is 16.2 Å². The maximum Gasteiger partial charge on any atom is 0.145 e. The number of aliphatic hydroxyl groups excluding tert-OH is 1. The summed E-state index contributed by atoms with van der Waals surface area (Å²) in [4.78, 5) is 4.27. The van der Waals surface area contributed by atoms with Gasteiger partial charge >= 0.3 is 0 Å². The molecule has 2 rings (SSSR count). The smallest absolute Gasteiger partial charge is 0.145 e. The third-order valence-electron chi connectivity index (χ3n) is 2.56. The Hall–Kier alpha value is -0.970. The van der Waals surface area contributed by atoms with Crippen molar-refractivity contribution in [3.63, 3.8) is 0 Å². The first kappa shape index (κ1) is 13.5. The molecule has 1 heterocycles. The number of aliphatic hydroxyl groups is 1. The van der Waals surface area contributed by atoms with E-state index in [0.717, 1.165) is 10.7 Å². The van der Waals surface area contributed by atoms with Crippen LogP contribution in [0.15, 0.2) is 23.6 Å². The molecular weight excluding hydrogens is 273 g/mol. The highest BCUT2D eigenvalue weighted by Gasteiger charge is 2.13. The second-order valence-electron chi connectivity index (χ2n) is 4.16. The Labute approximate surface area is 114 Å². The summed E-state index contributed by atoms with van der Waals surface area (Å²) in [5.74, 6) is -0.450. The van der Waals surface area contributed by atoms with Crippen LogP contribution in [0.5, 0.6) is 0 Å². The lowest BCUT2D eigenvalue weighted by Gasteiger charge is -2.10. The van der Waals surface area contributed by atoms with Gasteiger partial charge < -0.3 is 5.11 Å². The molecule has 0 saturated heterocycles. The van der Waals surface area contributed by atoms with Crippen LogP contribution in [-0.2, 0) is 12.8 Å². The number of hydrogen-bond acceptors (Lipinski definition) is 3. The molecule has 1 atom stereocenters. The van der Waals surface area contributed by atoms with Crippen molar-refractivity contribution >= 4 is 22.9 Å². The number of benzene rings is 1. The van der Waals surface area contributed by atoms with Crippen molar-refractivity contribution in [1.82, 2.24) is 4.98 Å². The summed E-state index contributed by atoms with van der Waals surface area (Å²) in [5, 5.41) is 12.8. The van der Waals surface area contributed by atoms with E-state index in [1.54, 1.807) is 12.1 Å². The number of aromatic nitrogens is 1. The topological polar surface area (TPSA) is 33.1 Å². The molecular formula is C13H13ClFNOS. The van der Waals surface area contributed by atoms with Crippen LogP contribution in [0.4, 0.5) is 4.39 Å². The normalized spacial score (nSPS) is 12.7. The molecule has 1 aromatic heterocycles. The van der Waals surface area contributed by atoms with E-state index in [4.69, 9.17) is 11.6 Å². The molecule has 0 bridgehead atoms. The number of thiazole rings is 1. The van der Waals surface area contributed by atoms with Crippen molar-refractivity contribution in [3.8, 4) is 0 Å². The molecule has 18 heavy (non-hydrogen) atoms. The lowest BCUT2D eigenvalue weighted by molar-refractivity contribution is 0.174. The van der Waals surface area contributed by atoms with E-state index in [1.807, 2.05) is 12.3 Å². The molecule has 1 aromatic carbocycles. The molecule has 0 aliphatic rings. The molecule has 5 heteroatoms. The number of halogens is 2. The zero-order chi connectivity index (χ0) is 13.1. The lowest BCUT2D eigenvalue weighted by atomic mass is 10.1. The Balaban J connectivity index is 2.03. The number of aryl methyl sites for hydroxylation is 1. The fraction of sp³-hybridized carbons (Fsp3) is 0.308. The third-order valence-corrected chi connectivity index (χ3v) is 3.84. The fourth-order valence-corrected chi connectivity index (χ4v) is 2.77. The highest BCUT2D eigenvalue weighted by Crippen LogP contribution is 2.20. The first-order chi connectivity index (χ1) is 8.56. The van der Waals surface area contributed by atoms with Crippen molar-refractivity contribution < 1.29 is 9.50 Å². The molecule has 0 saturated carbocycles. The molecule has 0 aliphatic heterocycles. The molecule has 2 nitrogen and oxygen atoms in total. The predicted molar refractivity (Wildman–Crippen MR) is 71.7 cm³/mol. The first-order valence-corrected chi connectivity index (χ1v) is 6.84. The van der Waals surface area contributed by atoms with Crippen LogP contribution >= 0.6 is 22.9 Å². The van der Waals surface area contributed by atoms with Gasteiger partial charge in [0.05, 0.1) is 16.1 Å². The third kappa shape index (κ3) is 3.28. The van der Waals surface area contributed by atoms with E-state index < -0.39 is 11.9 Å². The van der Waals surface area contributed by atoms with E-state index in [1.165, 1.54) is 17.4 Å². The van der Waals surface area contributed by atoms with Crippen molar-refractivity contribution in [2.75, 3.05) is 0 Å². The minimum atomic E-state index is -0.650. The van der Waals surface area contributed by atoms with Crippen molar-refractivity contribution in [3.05, 3.63) is 50.7 Å².